The van der Waals surface area contributed by atoms with Gasteiger partial charge in [0.05, 0.1) is 11.1 Å². The number of carboxylic acids is 1. The van der Waals surface area contributed by atoms with Crippen molar-refractivity contribution in [1.82, 2.24) is 0 Å². The topological polar surface area (TPSA) is 80.4 Å². The number of benzene rings is 3. The Bertz CT molecular complexity index is 990. The molecule has 3 rings (SSSR count). The highest BCUT2D eigenvalue weighted by Crippen LogP contribution is 2.37. The van der Waals surface area contributed by atoms with Gasteiger partial charge in [0.15, 0.2) is 0 Å². The van der Waals surface area contributed by atoms with Crippen molar-refractivity contribution >= 4 is 22.6 Å². The van der Waals surface area contributed by atoms with Gasteiger partial charge in [-0.05, 0) is 52.9 Å². The fraction of sp³-hybridized carbons (Fsp3) is 0.100. The second-order valence-corrected chi connectivity index (χ2v) is 5.76. The second-order valence-electron chi connectivity index (χ2n) is 5.76. The summed E-state index contributed by atoms with van der Waals surface area (Å²) in [6.45, 7) is 3.73. The molecular weight excluding hydrogens is 302 g/mol. The number of carbonyl (C=O) groups is 2. The number of carboxylic acid groups (broad SMARTS) is 1. The van der Waals surface area contributed by atoms with Crippen LogP contribution in [0.2, 0.25) is 0 Å². The molecule has 4 heteroatoms. The normalized spacial score (nSPS) is 10.8. The van der Waals surface area contributed by atoms with E-state index in [1.165, 1.54) is 6.07 Å². The minimum absolute atomic E-state index is 0.151. The predicted molar refractivity (Wildman–Crippen MR) is 94.3 cm³/mol. The third kappa shape index (κ3) is 2.33. The summed E-state index contributed by atoms with van der Waals surface area (Å²) in [5.74, 6) is -1.59. The summed E-state index contributed by atoms with van der Waals surface area (Å²) in [6, 6.07) is 14.4. The van der Waals surface area contributed by atoms with Crippen molar-refractivity contribution in [2.45, 2.75) is 13.8 Å². The molecule has 24 heavy (non-hydrogen) atoms. The third-order valence-corrected chi connectivity index (χ3v) is 4.41. The lowest BCUT2D eigenvalue weighted by molar-refractivity contribution is 0.0697. The zero-order valence-corrected chi connectivity index (χ0v) is 13.5. The molecule has 120 valence electrons. The molecule has 0 aliphatic carbocycles. The lowest BCUT2D eigenvalue weighted by Gasteiger charge is -2.19. The van der Waals surface area contributed by atoms with Crippen molar-refractivity contribution in [3.8, 4) is 11.1 Å². The van der Waals surface area contributed by atoms with E-state index in [0.717, 1.165) is 21.9 Å². The molecule has 1 amide bonds. The van der Waals surface area contributed by atoms with E-state index in [0.29, 0.717) is 16.7 Å². The van der Waals surface area contributed by atoms with E-state index in [-0.39, 0.29) is 5.56 Å². The average Bonchev–Trinajstić information content (AvgIpc) is 2.57. The molecular formula is C20H17NO3. The van der Waals surface area contributed by atoms with Crippen LogP contribution in [0, 0.1) is 13.8 Å². The number of fused-ring (bicyclic) bond motifs is 1. The molecule has 0 saturated heterocycles. The number of nitrogens with two attached hydrogens (primary N) is 1. The van der Waals surface area contributed by atoms with Gasteiger partial charge in [0, 0.05) is 0 Å². The van der Waals surface area contributed by atoms with Gasteiger partial charge in [-0.2, -0.15) is 0 Å². The van der Waals surface area contributed by atoms with Crippen LogP contribution in [0.3, 0.4) is 0 Å². The molecule has 0 radical (unpaired) electrons. The van der Waals surface area contributed by atoms with E-state index in [2.05, 4.69) is 0 Å². The Kier molecular flexibility index (Phi) is 3.81. The van der Waals surface area contributed by atoms with E-state index in [9.17, 15) is 14.7 Å². The van der Waals surface area contributed by atoms with Crippen molar-refractivity contribution < 1.29 is 14.7 Å². The molecule has 0 spiro atoms. The minimum Gasteiger partial charge on any atom is -0.478 e. The molecule has 0 bridgehead atoms. The van der Waals surface area contributed by atoms with Crippen LogP contribution in [-0.2, 0) is 0 Å². The van der Waals surface area contributed by atoms with Crippen LogP contribution in [0.25, 0.3) is 21.9 Å². The van der Waals surface area contributed by atoms with Crippen LogP contribution in [0.15, 0.2) is 48.5 Å². The Labute approximate surface area is 139 Å². The Balaban J connectivity index is 2.53. The number of primary amides is 1. The zero-order valence-electron chi connectivity index (χ0n) is 13.5. The van der Waals surface area contributed by atoms with Gasteiger partial charge in [-0.1, -0.05) is 42.5 Å². The zero-order chi connectivity index (χ0) is 17.4. The minimum atomic E-state index is -1.04. The van der Waals surface area contributed by atoms with Crippen molar-refractivity contribution in [2.24, 2.45) is 5.73 Å². The molecule has 0 atom stereocenters. The van der Waals surface area contributed by atoms with Gasteiger partial charge >= 0.3 is 5.97 Å². The molecule has 0 aliphatic rings. The van der Waals surface area contributed by atoms with Crippen molar-refractivity contribution in [3.05, 3.63) is 70.8 Å². The smallest absolute Gasteiger partial charge is 0.336 e. The van der Waals surface area contributed by atoms with Crippen LogP contribution >= 0.6 is 0 Å². The quantitative estimate of drug-likeness (QED) is 0.767. The van der Waals surface area contributed by atoms with Crippen LogP contribution < -0.4 is 5.73 Å². The first-order chi connectivity index (χ1) is 11.4. The lowest BCUT2D eigenvalue weighted by atomic mass is 9.85. The monoisotopic (exact) mass is 319 g/mol. The summed E-state index contributed by atoms with van der Waals surface area (Å²) in [5.41, 5.74) is 8.89. The highest BCUT2D eigenvalue weighted by Gasteiger charge is 2.22. The molecule has 0 heterocycles. The molecule has 0 aromatic heterocycles. The van der Waals surface area contributed by atoms with E-state index < -0.39 is 11.9 Å². The van der Waals surface area contributed by atoms with Crippen LogP contribution in [0.1, 0.15) is 31.8 Å². The number of aromatic carboxylic acids is 1. The van der Waals surface area contributed by atoms with Gasteiger partial charge in [-0.25, -0.2) is 4.79 Å². The Hall–Kier alpha value is -3.14. The van der Waals surface area contributed by atoms with Gasteiger partial charge in [0.25, 0.3) is 0 Å². The maximum atomic E-state index is 12.2. The van der Waals surface area contributed by atoms with Gasteiger partial charge in [-0.15, -0.1) is 0 Å². The largest absolute Gasteiger partial charge is 0.478 e. The molecule has 0 aliphatic heterocycles. The molecule has 3 aromatic rings. The summed E-state index contributed by atoms with van der Waals surface area (Å²) in [5, 5.41) is 11.4. The summed E-state index contributed by atoms with van der Waals surface area (Å²) < 4.78 is 0. The van der Waals surface area contributed by atoms with Crippen molar-refractivity contribution in [3.63, 3.8) is 0 Å². The first-order valence-electron chi connectivity index (χ1n) is 7.58. The van der Waals surface area contributed by atoms with E-state index >= 15 is 0 Å². The number of rotatable bonds is 3. The Morgan fingerprint density at radius 2 is 1.42 bits per heavy atom. The highest BCUT2D eigenvalue weighted by atomic mass is 16.4. The van der Waals surface area contributed by atoms with Crippen LogP contribution in [0.4, 0.5) is 0 Å². The standard InChI is InChI=1S/C20H17NO3/c1-11-13-7-3-4-8-14(13)12(2)18(19(21)22)17(11)15-9-5-6-10-16(15)20(23)24/h3-10H,1-2H3,(H2,21,22)(H,23,24). The number of hydrogen-bond acceptors (Lipinski definition) is 2. The van der Waals surface area contributed by atoms with E-state index in [4.69, 9.17) is 5.73 Å². The van der Waals surface area contributed by atoms with E-state index in [1.807, 2.05) is 38.1 Å². The molecule has 0 fully saturated rings. The maximum Gasteiger partial charge on any atom is 0.336 e. The Morgan fingerprint density at radius 3 is 2.00 bits per heavy atom. The van der Waals surface area contributed by atoms with E-state index in [1.54, 1.807) is 18.2 Å². The van der Waals surface area contributed by atoms with Crippen molar-refractivity contribution in [1.29, 1.82) is 0 Å². The molecule has 0 unspecified atom stereocenters. The maximum absolute atomic E-state index is 12.2. The molecule has 3 aromatic carbocycles. The summed E-state index contributed by atoms with van der Waals surface area (Å²) in [6.07, 6.45) is 0. The number of aryl methyl sites for hydroxylation is 2. The average molecular weight is 319 g/mol. The first-order valence-corrected chi connectivity index (χ1v) is 7.58. The van der Waals surface area contributed by atoms with Gasteiger partial charge in [0.1, 0.15) is 0 Å². The number of amides is 1. The molecule has 3 N–H and O–H groups in total. The highest BCUT2D eigenvalue weighted by molar-refractivity contribution is 6.11. The SMILES string of the molecule is Cc1c(C(N)=O)c(-c2ccccc2C(=O)O)c(C)c2ccccc12. The first kappa shape index (κ1) is 15.7. The summed E-state index contributed by atoms with van der Waals surface area (Å²) >= 11 is 0. The lowest BCUT2D eigenvalue weighted by Crippen LogP contribution is -2.16. The second kappa shape index (κ2) is 5.81. The van der Waals surface area contributed by atoms with Crippen LogP contribution in [0.5, 0.6) is 0 Å². The van der Waals surface area contributed by atoms with Crippen LogP contribution in [-0.4, -0.2) is 17.0 Å². The fourth-order valence-electron chi connectivity index (χ4n) is 3.31. The molecule has 4 nitrogen and oxygen atoms in total. The fourth-order valence-corrected chi connectivity index (χ4v) is 3.31. The summed E-state index contributed by atoms with van der Waals surface area (Å²) in [7, 11) is 0. The third-order valence-electron chi connectivity index (χ3n) is 4.41. The van der Waals surface area contributed by atoms with Gasteiger partial charge in [-0.3, -0.25) is 4.79 Å². The predicted octanol–water partition coefficient (Wildman–Crippen LogP) is 3.92. The number of carbonyl (C=O) groups excluding carboxylic acids is 1. The van der Waals surface area contributed by atoms with Crippen molar-refractivity contribution in [2.75, 3.05) is 0 Å². The number of hydrogen-bond donors (Lipinski definition) is 2. The molecule has 0 saturated carbocycles. The van der Waals surface area contributed by atoms with Gasteiger partial charge < -0.3 is 10.8 Å². The van der Waals surface area contributed by atoms with Gasteiger partial charge in [0.2, 0.25) is 5.91 Å². The Morgan fingerprint density at radius 1 is 0.875 bits per heavy atom. The summed E-state index contributed by atoms with van der Waals surface area (Å²) in [4.78, 5) is 23.8.